The van der Waals surface area contributed by atoms with Gasteiger partial charge < -0.3 is 9.84 Å². The van der Waals surface area contributed by atoms with E-state index in [1.807, 2.05) is 6.07 Å². The summed E-state index contributed by atoms with van der Waals surface area (Å²) in [6.45, 7) is 4.49. The molecule has 1 aromatic heterocycles. The SMILES string of the molecule is OCC#Cc1ccsc1CN1CCOCC1. The van der Waals surface area contributed by atoms with Gasteiger partial charge in [0.15, 0.2) is 0 Å². The fraction of sp³-hybridized carbons (Fsp3) is 0.500. The lowest BCUT2D eigenvalue weighted by Gasteiger charge is -2.26. The molecule has 1 fully saturated rings. The highest BCUT2D eigenvalue weighted by atomic mass is 32.1. The number of hydrogen-bond acceptors (Lipinski definition) is 4. The zero-order chi connectivity index (χ0) is 11.2. The van der Waals surface area contributed by atoms with Gasteiger partial charge in [0.2, 0.25) is 0 Å². The molecule has 0 amide bonds. The highest BCUT2D eigenvalue weighted by Crippen LogP contribution is 2.18. The Morgan fingerprint density at radius 2 is 2.25 bits per heavy atom. The Hall–Kier alpha value is -0.860. The lowest BCUT2D eigenvalue weighted by molar-refractivity contribution is 0.0346. The van der Waals surface area contributed by atoms with Gasteiger partial charge in [-0.3, -0.25) is 4.90 Å². The second kappa shape index (κ2) is 6.02. The van der Waals surface area contributed by atoms with Crippen molar-refractivity contribution in [3.8, 4) is 11.8 Å². The van der Waals surface area contributed by atoms with Gasteiger partial charge in [0.25, 0.3) is 0 Å². The third kappa shape index (κ3) is 3.06. The zero-order valence-electron chi connectivity index (χ0n) is 9.11. The monoisotopic (exact) mass is 237 g/mol. The molecule has 0 bridgehead atoms. The maximum atomic E-state index is 8.68. The number of morpholine rings is 1. The average molecular weight is 237 g/mol. The number of ether oxygens (including phenoxy) is 1. The summed E-state index contributed by atoms with van der Waals surface area (Å²) in [5, 5.41) is 10.7. The van der Waals surface area contributed by atoms with Crippen molar-refractivity contribution < 1.29 is 9.84 Å². The highest BCUT2D eigenvalue weighted by Gasteiger charge is 2.12. The van der Waals surface area contributed by atoms with Gasteiger partial charge in [-0.2, -0.15) is 0 Å². The molecule has 0 saturated carbocycles. The molecule has 1 aliphatic heterocycles. The maximum Gasteiger partial charge on any atom is 0.104 e. The fourth-order valence-corrected chi connectivity index (χ4v) is 2.54. The Bertz CT molecular complexity index is 385. The van der Waals surface area contributed by atoms with Gasteiger partial charge in [0.1, 0.15) is 6.61 Å². The topological polar surface area (TPSA) is 32.7 Å². The molecule has 0 aliphatic carbocycles. The molecule has 1 N–H and O–H groups in total. The van der Waals surface area contributed by atoms with Crippen molar-refractivity contribution in [2.75, 3.05) is 32.9 Å². The summed E-state index contributed by atoms with van der Waals surface area (Å²) in [4.78, 5) is 3.65. The van der Waals surface area contributed by atoms with Crippen molar-refractivity contribution in [2.45, 2.75) is 6.54 Å². The number of aliphatic hydroxyl groups excluding tert-OH is 1. The minimum absolute atomic E-state index is 0.0765. The van der Waals surface area contributed by atoms with E-state index < -0.39 is 0 Å². The van der Waals surface area contributed by atoms with Crippen molar-refractivity contribution in [3.05, 3.63) is 21.9 Å². The van der Waals surface area contributed by atoms with Crippen LogP contribution in [0.3, 0.4) is 0 Å². The Labute approximate surface area is 99.7 Å². The fourth-order valence-electron chi connectivity index (χ4n) is 1.67. The van der Waals surface area contributed by atoms with E-state index in [2.05, 4.69) is 22.1 Å². The Morgan fingerprint density at radius 1 is 1.44 bits per heavy atom. The number of nitrogens with zero attached hydrogens (tertiary/aromatic N) is 1. The molecule has 1 aromatic rings. The predicted octanol–water partition coefficient (Wildman–Crippen LogP) is 0.924. The van der Waals surface area contributed by atoms with Gasteiger partial charge in [0.05, 0.1) is 13.2 Å². The molecule has 0 radical (unpaired) electrons. The van der Waals surface area contributed by atoms with E-state index >= 15 is 0 Å². The van der Waals surface area contributed by atoms with Crippen molar-refractivity contribution in [2.24, 2.45) is 0 Å². The smallest absolute Gasteiger partial charge is 0.104 e. The third-order valence-corrected chi connectivity index (χ3v) is 3.42. The van der Waals surface area contributed by atoms with Crippen LogP contribution in [-0.2, 0) is 11.3 Å². The lowest BCUT2D eigenvalue weighted by atomic mass is 10.2. The van der Waals surface area contributed by atoms with E-state index in [0.717, 1.165) is 38.4 Å². The van der Waals surface area contributed by atoms with Crippen LogP contribution in [0.15, 0.2) is 11.4 Å². The first-order valence-electron chi connectivity index (χ1n) is 5.36. The molecule has 0 aromatic carbocycles. The first kappa shape index (κ1) is 11.6. The minimum Gasteiger partial charge on any atom is -0.384 e. The van der Waals surface area contributed by atoms with Crippen molar-refractivity contribution >= 4 is 11.3 Å². The summed E-state index contributed by atoms with van der Waals surface area (Å²) in [5.74, 6) is 5.68. The van der Waals surface area contributed by atoms with Crippen molar-refractivity contribution in [1.29, 1.82) is 0 Å². The Balaban J connectivity index is 2.00. The van der Waals surface area contributed by atoms with Crippen LogP contribution in [0.2, 0.25) is 0 Å². The van der Waals surface area contributed by atoms with Gasteiger partial charge >= 0.3 is 0 Å². The number of rotatable bonds is 2. The van der Waals surface area contributed by atoms with E-state index in [-0.39, 0.29) is 6.61 Å². The van der Waals surface area contributed by atoms with Crippen LogP contribution in [0.5, 0.6) is 0 Å². The van der Waals surface area contributed by atoms with Gasteiger partial charge in [-0.05, 0) is 11.4 Å². The molecule has 2 heterocycles. The van der Waals surface area contributed by atoms with E-state index in [1.165, 1.54) is 4.88 Å². The van der Waals surface area contributed by atoms with Crippen LogP contribution in [0.1, 0.15) is 10.4 Å². The standard InChI is InChI=1S/C12H15NO2S/c14-6-1-2-11-3-9-16-12(11)10-13-4-7-15-8-5-13/h3,9,14H,4-8,10H2. The lowest BCUT2D eigenvalue weighted by Crippen LogP contribution is -2.35. The van der Waals surface area contributed by atoms with Crippen LogP contribution >= 0.6 is 11.3 Å². The summed E-state index contributed by atoms with van der Waals surface area (Å²) >= 11 is 1.73. The normalized spacial score (nSPS) is 16.8. The van der Waals surface area contributed by atoms with Crippen molar-refractivity contribution in [1.82, 2.24) is 4.90 Å². The van der Waals surface area contributed by atoms with Crippen molar-refractivity contribution in [3.63, 3.8) is 0 Å². The van der Waals surface area contributed by atoms with E-state index in [1.54, 1.807) is 11.3 Å². The number of hydrogen-bond donors (Lipinski definition) is 1. The molecule has 1 saturated heterocycles. The average Bonchev–Trinajstić information content (AvgIpc) is 2.75. The summed E-state index contributed by atoms with van der Waals surface area (Å²) < 4.78 is 5.31. The summed E-state index contributed by atoms with van der Waals surface area (Å²) in [7, 11) is 0. The van der Waals surface area contributed by atoms with E-state index in [0.29, 0.717) is 0 Å². The number of aliphatic hydroxyl groups is 1. The largest absolute Gasteiger partial charge is 0.384 e. The minimum atomic E-state index is -0.0765. The van der Waals surface area contributed by atoms with Gasteiger partial charge in [-0.1, -0.05) is 11.8 Å². The molecule has 0 unspecified atom stereocenters. The second-order valence-corrected chi connectivity index (χ2v) is 4.61. The Morgan fingerprint density at radius 3 is 3.00 bits per heavy atom. The van der Waals surface area contributed by atoms with Crippen LogP contribution in [0.4, 0.5) is 0 Å². The van der Waals surface area contributed by atoms with Crippen LogP contribution < -0.4 is 0 Å². The number of thiophene rings is 1. The van der Waals surface area contributed by atoms with Gasteiger partial charge in [-0.15, -0.1) is 11.3 Å². The quantitative estimate of drug-likeness (QED) is 0.777. The first-order valence-corrected chi connectivity index (χ1v) is 6.24. The second-order valence-electron chi connectivity index (χ2n) is 3.61. The molecule has 4 heteroatoms. The zero-order valence-corrected chi connectivity index (χ0v) is 9.92. The summed E-state index contributed by atoms with van der Waals surface area (Å²) in [5.41, 5.74) is 1.05. The van der Waals surface area contributed by atoms with Crippen LogP contribution in [0, 0.1) is 11.8 Å². The predicted molar refractivity (Wildman–Crippen MR) is 64.4 cm³/mol. The molecule has 16 heavy (non-hydrogen) atoms. The molecule has 3 nitrogen and oxygen atoms in total. The molecular weight excluding hydrogens is 222 g/mol. The molecule has 0 atom stereocenters. The van der Waals surface area contributed by atoms with Crippen LogP contribution in [-0.4, -0.2) is 42.9 Å². The molecule has 2 rings (SSSR count). The molecule has 0 spiro atoms. The highest BCUT2D eigenvalue weighted by molar-refractivity contribution is 7.10. The van der Waals surface area contributed by atoms with Crippen LogP contribution in [0.25, 0.3) is 0 Å². The third-order valence-electron chi connectivity index (χ3n) is 2.52. The van der Waals surface area contributed by atoms with Gasteiger partial charge in [0, 0.05) is 30.1 Å². The van der Waals surface area contributed by atoms with E-state index in [9.17, 15) is 0 Å². The van der Waals surface area contributed by atoms with Gasteiger partial charge in [-0.25, -0.2) is 0 Å². The molecule has 1 aliphatic rings. The first-order chi connectivity index (χ1) is 7.90. The molecule has 86 valence electrons. The summed E-state index contributed by atoms with van der Waals surface area (Å²) in [6.07, 6.45) is 0. The Kier molecular flexibility index (Phi) is 4.37. The maximum absolute atomic E-state index is 8.68. The summed E-state index contributed by atoms with van der Waals surface area (Å²) in [6, 6.07) is 2.02. The molecular formula is C12H15NO2S. The van der Waals surface area contributed by atoms with E-state index in [4.69, 9.17) is 9.84 Å².